The van der Waals surface area contributed by atoms with Gasteiger partial charge in [0.2, 0.25) is 0 Å². The van der Waals surface area contributed by atoms with Crippen LogP contribution in [-0.4, -0.2) is 6.61 Å². The Bertz CT molecular complexity index is 447. The van der Waals surface area contributed by atoms with E-state index < -0.39 is 0 Å². The lowest BCUT2D eigenvalue weighted by Gasteiger charge is -2.10. The van der Waals surface area contributed by atoms with Gasteiger partial charge in [-0.2, -0.15) is 0 Å². The van der Waals surface area contributed by atoms with Crippen LogP contribution in [-0.2, 0) is 0 Å². The van der Waals surface area contributed by atoms with Crippen molar-refractivity contribution in [2.24, 2.45) is 0 Å². The molecule has 2 heteroatoms. The minimum atomic E-state index is 0.747. The summed E-state index contributed by atoms with van der Waals surface area (Å²) in [5.74, 6) is 0.911. The van der Waals surface area contributed by atoms with Crippen LogP contribution < -0.4 is 4.74 Å². The molecule has 126 valence electrons. The standard InChI is InChI=1S/C12H15BrO.C6H12.C2H6/c1-4-7-14-12-8-10(13)5-6-11(12)9(2)3;1-4-6(3)5-2;1-2/h5-6,8H,2,4,7H2,1,3H3;4H,5H2,1-3H3;1-2H3/b;6-4+;. The second-order valence-corrected chi connectivity index (χ2v) is 5.67. The highest BCUT2D eigenvalue weighted by molar-refractivity contribution is 9.10. The molecule has 0 spiro atoms. The molecule has 0 saturated heterocycles. The number of halogens is 1. The molecule has 1 nitrogen and oxygen atoms in total. The first-order valence-electron chi connectivity index (χ1n) is 8.16. The van der Waals surface area contributed by atoms with Crippen molar-refractivity contribution in [2.75, 3.05) is 6.61 Å². The Morgan fingerprint density at radius 3 is 2.18 bits per heavy atom. The Morgan fingerprint density at radius 1 is 1.23 bits per heavy atom. The van der Waals surface area contributed by atoms with Crippen molar-refractivity contribution in [1.29, 1.82) is 0 Å². The highest BCUT2D eigenvalue weighted by Gasteiger charge is 2.04. The van der Waals surface area contributed by atoms with E-state index in [4.69, 9.17) is 4.74 Å². The normalized spacial score (nSPS) is 9.91. The van der Waals surface area contributed by atoms with Gasteiger partial charge in [-0.1, -0.05) is 61.9 Å². The van der Waals surface area contributed by atoms with Crippen LogP contribution in [0.5, 0.6) is 5.75 Å². The third-order valence-electron chi connectivity index (χ3n) is 2.92. The van der Waals surface area contributed by atoms with Crippen molar-refractivity contribution in [3.05, 3.63) is 46.5 Å². The Kier molecular flexibility index (Phi) is 15.7. The summed E-state index contributed by atoms with van der Waals surface area (Å²) >= 11 is 3.43. The third-order valence-corrected chi connectivity index (χ3v) is 3.41. The molecule has 1 aromatic rings. The van der Waals surface area contributed by atoms with Gasteiger partial charge in [-0.05, 0) is 57.4 Å². The molecule has 0 saturated carbocycles. The monoisotopic (exact) mass is 368 g/mol. The fraction of sp³-hybridized carbons (Fsp3) is 0.500. The predicted molar refractivity (Wildman–Crippen MR) is 106 cm³/mol. The van der Waals surface area contributed by atoms with E-state index in [0.717, 1.165) is 34.4 Å². The zero-order valence-corrected chi connectivity index (χ0v) is 17.0. The largest absolute Gasteiger partial charge is 0.493 e. The molecule has 0 aromatic heterocycles. The van der Waals surface area contributed by atoms with Crippen molar-refractivity contribution in [3.63, 3.8) is 0 Å². The third kappa shape index (κ3) is 10.7. The minimum Gasteiger partial charge on any atom is -0.493 e. The fourth-order valence-corrected chi connectivity index (χ4v) is 1.72. The summed E-state index contributed by atoms with van der Waals surface area (Å²) in [7, 11) is 0. The van der Waals surface area contributed by atoms with E-state index in [2.05, 4.69) is 56.3 Å². The predicted octanol–water partition coefficient (Wildman–Crippen LogP) is 7.66. The van der Waals surface area contributed by atoms with Gasteiger partial charge in [-0.3, -0.25) is 0 Å². The van der Waals surface area contributed by atoms with Gasteiger partial charge < -0.3 is 4.74 Å². The molecule has 0 bridgehead atoms. The summed E-state index contributed by atoms with van der Waals surface area (Å²) in [6, 6.07) is 6.01. The van der Waals surface area contributed by atoms with Crippen molar-refractivity contribution in [2.45, 2.75) is 61.3 Å². The Hall–Kier alpha value is -1.02. The molecule has 22 heavy (non-hydrogen) atoms. The van der Waals surface area contributed by atoms with Crippen LogP contribution in [0.4, 0.5) is 0 Å². The summed E-state index contributed by atoms with van der Waals surface area (Å²) in [4.78, 5) is 0. The van der Waals surface area contributed by atoms with E-state index in [1.54, 1.807) is 0 Å². The number of allylic oxidation sites excluding steroid dienone is 3. The number of rotatable bonds is 5. The van der Waals surface area contributed by atoms with Crippen molar-refractivity contribution >= 4 is 21.5 Å². The van der Waals surface area contributed by atoms with Crippen LogP contribution in [0.2, 0.25) is 0 Å². The van der Waals surface area contributed by atoms with Crippen molar-refractivity contribution in [1.82, 2.24) is 0 Å². The molecule has 0 N–H and O–H groups in total. The van der Waals surface area contributed by atoms with Crippen LogP contribution in [0.15, 0.2) is 40.9 Å². The van der Waals surface area contributed by atoms with Crippen LogP contribution in [0.1, 0.15) is 66.9 Å². The molecular weight excluding hydrogens is 336 g/mol. The summed E-state index contributed by atoms with van der Waals surface area (Å²) in [6.07, 6.45) is 4.35. The van der Waals surface area contributed by atoms with Crippen LogP contribution in [0, 0.1) is 0 Å². The zero-order chi connectivity index (χ0) is 17.5. The number of benzene rings is 1. The Morgan fingerprint density at radius 2 is 1.82 bits per heavy atom. The van der Waals surface area contributed by atoms with Gasteiger partial charge in [0.15, 0.2) is 0 Å². The molecule has 0 aliphatic rings. The van der Waals surface area contributed by atoms with Gasteiger partial charge >= 0.3 is 0 Å². The van der Waals surface area contributed by atoms with E-state index in [1.165, 1.54) is 12.0 Å². The lowest BCUT2D eigenvalue weighted by atomic mass is 10.1. The molecule has 0 radical (unpaired) electrons. The van der Waals surface area contributed by atoms with E-state index in [1.807, 2.05) is 39.0 Å². The lowest BCUT2D eigenvalue weighted by molar-refractivity contribution is 0.316. The molecule has 0 heterocycles. The number of hydrogen-bond acceptors (Lipinski definition) is 1. The van der Waals surface area contributed by atoms with E-state index in [-0.39, 0.29) is 0 Å². The lowest BCUT2D eigenvalue weighted by Crippen LogP contribution is -1.97. The fourth-order valence-electron chi connectivity index (χ4n) is 1.38. The van der Waals surface area contributed by atoms with Crippen LogP contribution in [0.3, 0.4) is 0 Å². The maximum atomic E-state index is 5.64. The maximum Gasteiger partial charge on any atom is 0.127 e. The summed E-state index contributed by atoms with van der Waals surface area (Å²) in [5, 5.41) is 0. The minimum absolute atomic E-state index is 0.747. The quantitative estimate of drug-likeness (QED) is 0.484. The van der Waals surface area contributed by atoms with Gasteiger partial charge in [0.1, 0.15) is 5.75 Å². The molecular formula is C20H33BrO. The maximum absolute atomic E-state index is 5.64. The highest BCUT2D eigenvalue weighted by Crippen LogP contribution is 2.28. The molecule has 1 rings (SSSR count). The van der Waals surface area contributed by atoms with Crippen LogP contribution >= 0.6 is 15.9 Å². The summed E-state index contributed by atoms with van der Waals surface area (Å²) in [5.41, 5.74) is 3.58. The second-order valence-electron chi connectivity index (χ2n) is 4.76. The molecule has 1 aromatic carbocycles. The Balaban J connectivity index is 0. The van der Waals surface area contributed by atoms with E-state index in [0.29, 0.717) is 0 Å². The second kappa shape index (κ2) is 14.9. The van der Waals surface area contributed by atoms with Gasteiger partial charge in [0, 0.05) is 10.0 Å². The molecule has 0 amide bonds. The first-order chi connectivity index (χ1) is 10.5. The topological polar surface area (TPSA) is 9.23 Å². The molecule has 0 aliphatic carbocycles. The smallest absolute Gasteiger partial charge is 0.127 e. The van der Waals surface area contributed by atoms with Crippen molar-refractivity contribution < 1.29 is 4.74 Å². The number of hydrogen-bond donors (Lipinski definition) is 0. The SMILES string of the molecule is C/C=C(\C)CC.C=C(C)c1ccc(Br)cc1OCCC.CC. The highest BCUT2D eigenvalue weighted by atomic mass is 79.9. The van der Waals surface area contributed by atoms with E-state index >= 15 is 0 Å². The average molecular weight is 369 g/mol. The molecule has 0 aliphatic heterocycles. The van der Waals surface area contributed by atoms with Crippen LogP contribution in [0.25, 0.3) is 5.57 Å². The summed E-state index contributed by atoms with van der Waals surface area (Å²) < 4.78 is 6.67. The van der Waals surface area contributed by atoms with Gasteiger partial charge in [0.05, 0.1) is 6.61 Å². The van der Waals surface area contributed by atoms with Gasteiger partial charge in [-0.25, -0.2) is 0 Å². The summed E-state index contributed by atoms with van der Waals surface area (Å²) in [6.45, 7) is 19.1. The number of ether oxygens (including phenoxy) is 1. The van der Waals surface area contributed by atoms with Crippen molar-refractivity contribution in [3.8, 4) is 5.75 Å². The van der Waals surface area contributed by atoms with Gasteiger partial charge in [0.25, 0.3) is 0 Å². The van der Waals surface area contributed by atoms with E-state index in [9.17, 15) is 0 Å². The average Bonchev–Trinajstić information content (AvgIpc) is 2.54. The zero-order valence-electron chi connectivity index (χ0n) is 15.4. The first kappa shape index (κ1) is 23.2. The first-order valence-corrected chi connectivity index (χ1v) is 8.95. The Labute approximate surface area is 146 Å². The molecule has 0 atom stereocenters. The van der Waals surface area contributed by atoms with Gasteiger partial charge in [-0.15, -0.1) is 0 Å². The molecule has 0 unspecified atom stereocenters. The molecule has 0 fully saturated rings.